The highest BCUT2D eigenvalue weighted by molar-refractivity contribution is 7.99. The molecule has 0 atom stereocenters. The number of rotatable bonds is 3. The van der Waals surface area contributed by atoms with Gasteiger partial charge in [-0.1, -0.05) is 0 Å². The summed E-state index contributed by atoms with van der Waals surface area (Å²) in [5, 5.41) is 7.51. The van der Waals surface area contributed by atoms with Gasteiger partial charge in [-0.25, -0.2) is 4.98 Å². The molecule has 0 bridgehead atoms. The number of anilines is 1. The lowest BCUT2D eigenvalue weighted by Crippen LogP contribution is -1.90. The Kier molecular flexibility index (Phi) is 3.00. The molecule has 0 amide bonds. The molecule has 16 heavy (non-hydrogen) atoms. The fourth-order valence-electron chi connectivity index (χ4n) is 1.23. The van der Waals surface area contributed by atoms with Gasteiger partial charge in [-0.15, -0.1) is 5.10 Å². The number of aromatic amines is 1. The van der Waals surface area contributed by atoms with Crippen LogP contribution in [0, 0.1) is 6.92 Å². The second kappa shape index (κ2) is 4.44. The Morgan fingerprint density at radius 1 is 1.44 bits per heavy atom. The molecule has 0 unspecified atom stereocenters. The number of methoxy groups -OCH3 is 1. The average Bonchev–Trinajstić information content (AvgIpc) is 2.67. The zero-order valence-electron chi connectivity index (χ0n) is 9.02. The van der Waals surface area contributed by atoms with Crippen molar-refractivity contribution in [2.45, 2.75) is 17.0 Å². The minimum Gasteiger partial charge on any atom is -0.495 e. The van der Waals surface area contributed by atoms with Crippen LogP contribution in [-0.2, 0) is 0 Å². The van der Waals surface area contributed by atoms with Crippen molar-refractivity contribution >= 4 is 17.4 Å². The summed E-state index contributed by atoms with van der Waals surface area (Å²) in [6.45, 7) is 1.86. The van der Waals surface area contributed by atoms with Crippen LogP contribution in [-0.4, -0.2) is 22.3 Å². The summed E-state index contributed by atoms with van der Waals surface area (Å²) in [6.07, 6.45) is 0. The van der Waals surface area contributed by atoms with Crippen LogP contribution >= 0.6 is 11.8 Å². The number of nitrogens with two attached hydrogens (primary N) is 1. The molecule has 2 rings (SSSR count). The molecule has 2 aromatic rings. The smallest absolute Gasteiger partial charge is 0.213 e. The van der Waals surface area contributed by atoms with E-state index in [0.717, 1.165) is 16.5 Å². The van der Waals surface area contributed by atoms with E-state index >= 15 is 0 Å². The molecule has 5 nitrogen and oxygen atoms in total. The number of H-pyrrole nitrogens is 1. The van der Waals surface area contributed by atoms with Gasteiger partial charge in [-0.05, 0) is 30.8 Å². The molecule has 3 N–H and O–H groups in total. The largest absolute Gasteiger partial charge is 0.495 e. The summed E-state index contributed by atoms with van der Waals surface area (Å²) < 4.78 is 5.24. The number of nitrogens with one attached hydrogen (secondary N) is 1. The van der Waals surface area contributed by atoms with E-state index in [9.17, 15) is 0 Å². The van der Waals surface area contributed by atoms with E-state index in [1.165, 1.54) is 11.8 Å². The van der Waals surface area contributed by atoms with E-state index in [4.69, 9.17) is 10.5 Å². The molecular formula is C10H12N4OS. The first kappa shape index (κ1) is 10.8. The van der Waals surface area contributed by atoms with E-state index in [1.54, 1.807) is 13.2 Å². The van der Waals surface area contributed by atoms with E-state index in [1.807, 2.05) is 19.1 Å². The number of aromatic nitrogens is 3. The van der Waals surface area contributed by atoms with E-state index in [0.29, 0.717) is 10.8 Å². The molecule has 0 saturated heterocycles. The van der Waals surface area contributed by atoms with Gasteiger partial charge in [0, 0.05) is 11.8 Å². The number of ether oxygens (including phenoxy) is 1. The number of benzene rings is 1. The lowest BCUT2D eigenvalue weighted by Gasteiger charge is -2.06. The summed E-state index contributed by atoms with van der Waals surface area (Å²) >= 11 is 1.43. The maximum absolute atomic E-state index is 5.67. The van der Waals surface area contributed by atoms with Crippen molar-refractivity contribution in [2.24, 2.45) is 0 Å². The highest BCUT2D eigenvalue weighted by atomic mass is 32.2. The quantitative estimate of drug-likeness (QED) is 0.795. The predicted octanol–water partition coefficient (Wildman–Crippen LogP) is 1.86. The molecule has 0 aliphatic carbocycles. The molecule has 0 saturated carbocycles. The highest BCUT2D eigenvalue weighted by Crippen LogP contribution is 2.34. The van der Waals surface area contributed by atoms with E-state index in [-0.39, 0.29) is 0 Å². The number of hydrogen-bond donors (Lipinski definition) is 2. The number of nitrogens with zero attached hydrogens (tertiary/aromatic N) is 2. The SMILES string of the molecule is COc1cc(N)ccc1Sc1n[nH]c(C)n1. The van der Waals surface area contributed by atoms with Crippen LogP contribution in [0.2, 0.25) is 0 Å². The molecule has 1 heterocycles. The molecule has 0 fully saturated rings. The standard InChI is InChI=1S/C10H12N4OS/c1-6-12-10(14-13-6)16-9-4-3-7(11)5-8(9)15-2/h3-5H,11H2,1-2H3,(H,12,13,14). The summed E-state index contributed by atoms with van der Waals surface area (Å²) in [6, 6.07) is 5.50. The van der Waals surface area contributed by atoms with Gasteiger partial charge in [0.25, 0.3) is 0 Å². The molecule has 84 valence electrons. The minimum absolute atomic E-state index is 0.667. The second-order valence-electron chi connectivity index (χ2n) is 3.22. The molecule has 0 aliphatic heterocycles. The van der Waals surface area contributed by atoms with Gasteiger partial charge in [-0.3, -0.25) is 5.10 Å². The van der Waals surface area contributed by atoms with Gasteiger partial charge in [0.1, 0.15) is 11.6 Å². The first-order valence-electron chi connectivity index (χ1n) is 4.69. The molecule has 1 aromatic heterocycles. The summed E-state index contributed by atoms with van der Waals surface area (Å²) in [4.78, 5) is 5.15. The zero-order valence-corrected chi connectivity index (χ0v) is 9.84. The normalized spacial score (nSPS) is 10.4. The van der Waals surface area contributed by atoms with Gasteiger partial charge < -0.3 is 10.5 Å². The number of nitrogen functional groups attached to an aromatic ring is 1. The fraction of sp³-hybridized carbons (Fsp3) is 0.200. The Morgan fingerprint density at radius 3 is 2.88 bits per heavy atom. The average molecular weight is 236 g/mol. The maximum Gasteiger partial charge on any atom is 0.213 e. The van der Waals surface area contributed by atoms with Gasteiger partial charge >= 0.3 is 0 Å². The summed E-state index contributed by atoms with van der Waals surface area (Å²) in [5.41, 5.74) is 6.35. The van der Waals surface area contributed by atoms with Crippen molar-refractivity contribution in [1.82, 2.24) is 15.2 Å². The lowest BCUT2D eigenvalue weighted by atomic mass is 10.3. The van der Waals surface area contributed by atoms with Crippen LogP contribution in [0.5, 0.6) is 5.75 Å². The summed E-state index contributed by atoms with van der Waals surface area (Å²) in [7, 11) is 1.61. The molecule has 0 spiro atoms. The Hall–Kier alpha value is -1.69. The Balaban J connectivity index is 2.27. The van der Waals surface area contributed by atoms with Crippen LogP contribution in [0.1, 0.15) is 5.82 Å². The highest BCUT2D eigenvalue weighted by Gasteiger charge is 2.08. The van der Waals surface area contributed by atoms with Gasteiger partial charge in [0.2, 0.25) is 5.16 Å². The monoisotopic (exact) mass is 236 g/mol. The van der Waals surface area contributed by atoms with Gasteiger partial charge in [-0.2, -0.15) is 0 Å². The molecule has 0 radical (unpaired) electrons. The Morgan fingerprint density at radius 2 is 2.25 bits per heavy atom. The number of hydrogen-bond acceptors (Lipinski definition) is 5. The maximum atomic E-state index is 5.67. The Labute approximate surface area is 97.4 Å². The Bertz CT molecular complexity index is 497. The van der Waals surface area contributed by atoms with Crippen LogP contribution in [0.25, 0.3) is 0 Å². The van der Waals surface area contributed by atoms with Crippen LogP contribution < -0.4 is 10.5 Å². The van der Waals surface area contributed by atoms with Crippen molar-refractivity contribution < 1.29 is 4.74 Å². The summed E-state index contributed by atoms with van der Waals surface area (Å²) in [5.74, 6) is 1.52. The van der Waals surface area contributed by atoms with Gasteiger partial charge in [0.15, 0.2) is 0 Å². The van der Waals surface area contributed by atoms with Crippen molar-refractivity contribution in [3.63, 3.8) is 0 Å². The first-order valence-corrected chi connectivity index (χ1v) is 5.51. The molecule has 6 heteroatoms. The third-order valence-electron chi connectivity index (χ3n) is 1.97. The first-order chi connectivity index (χ1) is 7.69. The fourth-order valence-corrected chi connectivity index (χ4v) is 2.08. The lowest BCUT2D eigenvalue weighted by molar-refractivity contribution is 0.405. The van der Waals surface area contributed by atoms with Crippen molar-refractivity contribution in [1.29, 1.82) is 0 Å². The van der Waals surface area contributed by atoms with Crippen LogP contribution in [0.4, 0.5) is 5.69 Å². The van der Waals surface area contributed by atoms with Crippen LogP contribution in [0.15, 0.2) is 28.3 Å². The molecule has 0 aliphatic rings. The topological polar surface area (TPSA) is 76.8 Å². The predicted molar refractivity (Wildman–Crippen MR) is 62.6 cm³/mol. The third kappa shape index (κ3) is 2.27. The van der Waals surface area contributed by atoms with E-state index in [2.05, 4.69) is 15.2 Å². The third-order valence-corrected chi connectivity index (χ3v) is 2.89. The molecule has 1 aromatic carbocycles. The minimum atomic E-state index is 0.667. The number of aryl methyl sites for hydroxylation is 1. The van der Waals surface area contributed by atoms with Crippen molar-refractivity contribution in [3.05, 3.63) is 24.0 Å². The second-order valence-corrected chi connectivity index (χ2v) is 4.22. The van der Waals surface area contributed by atoms with Crippen LogP contribution in [0.3, 0.4) is 0 Å². The van der Waals surface area contributed by atoms with Crippen molar-refractivity contribution in [3.8, 4) is 5.75 Å². The van der Waals surface area contributed by atoms with E-state index < -0.39 is 0 Å². The van der Waals surface area contributed by atoms with Gasteiger partial charge in [0.05, 0.1) is 12.0 Å². The zero-order chi connectivity index (χ0) is 11.5. The molecular weight excluding hydrogens is 224 g/mol. The van der Waals surface area contributed by atoms with Crippen molar-refractivity contribution in [2.75, 3.05) is 12.8 Å².